The number of rotatable bonds is 5. The minimum absolute atomic E-state index is 0.00433. The van der Waals surface area contributed by atoms with E-state index in [1.165, 1.54) is 31.4 Å². The first-order valence-electron chi connectivity index (χ1n) is 17.6. The highest BCUT2D eigenvalue weighted by Crippen LogP contribution is 2.69. The number of aromatic hydroxyl groups is 4. The molecule has 0 fully saturated rings. The summed E-state index contributed by atoms with van der Waals surface area (Å²) in [5.41, 5.74) is 1.13. The number of ketones is 1. The van der Waals surface area contributed by atoms with Crippen molar-refractivity contribution in [2.24, 2.45) is 0 Å². The zero-order valence-corrected chi connectivity index (χ0v) is 30.4. The highest BCUT2D eigenvalue weighted by atomic mass is 16.7. The molecule has 0 saturated carbocycles. The predicted octanol–water partition coefficient (Wildman–Crippen LogP) is 7.05. The Hall–Kier alpha value is -6.17. The molecule has 4 aromatic carbocycles. The first kappa shape index (κ1) is 33.7. The summed E-state index contributed by atoms with van der Waals surface area (Å²) < 4.78 is 44.0. The number of carbonyl (C=O) groups is 1. The van der Waals surface area contributed by atoms with Crippen molar-refractivity contribution < 1.29 is 58.4 Å². The summed E-state index contributed by atoms with van der Waals surface area (Å²) in [6.45, 7) is 7.96. The predicted molar refractivity (Wildman–Crippen MR) is 194 cm³/mol. The van der Waals surface area contributed by atoms with E-state index in [2.05, 4.69) is 0 Å². The van der Waals surface area contributed by atoms with E-state index in [1.54, 1.807) is 13.2 Å². The molecule has 3 atom stereocenters. The summed E-state index contributed by atoms with van der Waals surface area (Å²) in [6.07, 6.45) is 6.55. The number of benzene rings is 4. The second-order valence-corrected chi connectivity index (χ2v) is 15.0. The minimum atomic E-state index is -2.11. The van der Waals surface area contributed by atoms with Crippen LogP contribution in [0.3, 0.4) is 0 Å². The van der Waals surface area contributed by atoms with Gasteiger partial charge in [-0.25, -0.2) is 0 Å². The van der Waals surface area contributed by atoms with Gasteiger partial charge in [0.1, 0.15) is 45.8 Å². The zero-order chi connectivity index (χ0) is 38.1. The average molecular weight is 735 g/mol. The molecule has 9 rings (SSSR count). The van der Waals surface area contributed by atoms with Gasteiger partial charge in [0.25, 0.3) is 5.60 Å². The molecule has 0 aliphatic carbocycles. The van der Waals surface area contributed by atoms with Crippen molar-refractivity contribution in [1.29, 1.82) is 0 Å². The third-order valence-electron chi connectivity index (χ3n) is 10.9. The van der Waals surface area contributed by atoms with Crippen LogP contribution in [-0.4, -0.2) is 52.6 Å². The lowest BCUT2D eigenvalue weighted by Gasteiger charge is -2.40. The topological polar surface area (TPSA) is 163 Å². The number of hydrogen-bond acceptors (Lipinski definition) is 12. The van der Waals surface area contributed by atoms with Crippen molar-refractivity contribution in [3.8, 4) is 63.2 Å². The van der Waals surface area contributed by atoms with Gasteiger partial charge in [-0.3, -0.25) is 4.79 Å². The normalized spacial score (nSPS) is 22.9. The molecule has 4 aromatic rings. The van der Waals surface area contributed by atoms with Gasteiger partial charge in [-0.2, -0.15) is 0 Å². The van der Waals surface area contributed by atoms with E-state index in [0.717, 1.165) is 16.7 Å². The van der Waals surface area contributed by atoms with E-state index in [-0.39, 0.29) is 57.8 Å². The van der Waals surface area contributed by atoms with Crippen LogP contribution in [0.5, 0.6) is 63.2 Å². The molecule has 0 saturated heterocycles. The molecule has 5 heterocycles. The van der Waals surface area contributed by atoms with Crippen molar-refractivity contribution in [2.45, 2.75) is 63.4 Å². The van der Waals surface area contributed by atoms with Gasteiger partial charge < -0.3 is 53.6 Å². The van der Waals surface area contributed by atoms with Crippen LogP contribution >= 0.6 is 0 Å². The smallest absolute Gasteiger partial charge is 0.335 e. The molecule has 5 aliphatic heterocycles. The quantitative estimate of drug-likeness (QED) is 0.122. The van der Waals surface area contributed by atoms with Crippen LogP contribution in [-0.2, 0) is 24.2 Å². The van der Waals surface area contributed by atoms with E-state index in [1.807, 2.05) is 52.0 Å². The zero-order valence-electron chi connectivity index (χ0n) is 30.4. The summed E-state index contributed by atoms with van der Waals surface area (Å²) >= 11 is 0. The first-order valence-corrected chi connectivity index (χ1v) is 17.6. The molecular formula is C42H38O12. The summed E-state index contributed by atoms with van der Waals surface area (Å²) in [5, 5.41) is 44.2. The Labute approximate surface area is 310 Å². The van der Waals surface area contributed by atoms with Gasteiger partial charge in [0.2, 0.25) is 5.78 Å². The van der Waals surface area contributed by atoms with Crippen LogP contribution < -0.4 is 33.2 Å². The lowest BCUT2D eigenvalue weighted by atomic mass is 9.76. The number of ether oxygens (including phenoxy) is 7. The second-order valence-electron chi connectivity index (χ2n) is 15.0. The number of hydrogen-bond donors (Lipinski definition) is 4. The molecule has 12 nitrogen and oxygen atoms in total. The highest BCUT2D eigenvalue weighted by Gasteiger charge is 2.78. The van der Waals surface area contributed by atoms with Crippen LogP contribution in [0.4, 0.5) is 0 Å². The summed E-state index contributed by atoms with van der Waals surface area (Å²) in [5.74, 6) is -2.27. The number of phenolic OH excluding ortho intramolecular Hbond substituents is 4. The molecule has 0 bridgehead atoms. The van der Waals surface area contributed by atoms with Gasteiger partial charge in [-0.1, -0.05) is 11.6 Å². The Morgan fingerprint density at radius 3 is 2.26 bits per heavy atom. The Bertz CT molecular complexity index is 2400. The van der Waals surface area contributed by atoms with E-state index in [4.69, 9.17) is 33.2 Å². The third kappa shape index (κ3) is 4.39. The average Bonchev–Trinajstić information content (AvgIpc) is 3.55. The molecule has 54 heavy (non-hydrogen) atoms. The molecule has 5 aliphatic rings. The fourth-order valence-electron chi connectivity index (χ4n) is 8.32. The number of allylic oxidation sites excluding steroid dienone is 2. The number of carbonyl (C=O) groups excluding carboxylic acids is 1. The molecule has 12 heteroatoms. The maximum atomic E-state index is 15.3. The van der Waals surface area contributed by atoms with Gasteiger partial charge in [0.05, 0.1) is 43.1 Å². The summed E-state index contributed by atoms with van der Waals surface area (Å²) in [4.78, 5) is 15.3. The van der Waals surface area contributed by atoms with Crippen molar-refractivity contribution in [3.05, 3.63) is 93.1 Å². The lowest BCUT2D eigenvalue weighted by molar-refractivity contribution is -0.187. The summed E-state index contributed by atoms with van der Waals surface area (Å²) in [6, 6.07) is 8.58. The van der Waals surface area contributed by atoms with Gasteiger partial charge >= 0.3 is 5.79 Å². The number of phenols is 4. The molecular weight excluding hydrogens is 696 g/mol. The Morgan fingerprint density at radius 2 is 1.52 bits per heavy atom. The van der Waals surface area contributed by atoms with Gasteiger partial charge in [-0.15, -0.1) is 0 Å². The molecule has 2 unspecified atom stereocenters. The first-order chi connectivity index (χ1) is 25.7. The fraction of sp³-hybridized carbons (Fsp3) is 0.310. The van der Waals surface area contributed by atoms with Crippen LogP contribution in [0.15, 0.2) is 54.1 Å². The molecule has 278 valence electrons. The van der Waals surface area contributed by atoms with Crippen molar-refractivity contribution in [2.75, 3.05) is 20.8 Å². The molecule has 0 radical (unpaired) electrons. The second kappa shape index (κ2) is 11.2. The van der Waals surface area contributed by atoms with Gasteiger partial charge in [0, 0.05) is 40.8 Å². The molecule has 0 spiro atoms. The molecule has 4 N–H and O–H groups in total. The van der Waals surface area contributed by atoms with Crippen molar-refractivity contribution in [3.63, 3.8) is 0 Å². The van der Waals surface area contributed by atoms with Gasteiger partial charge in [0.15, 0.2) is 23.0 Å². The highest BCUT2D eigenvalue weighted by molar-refractivity contribution is 6.09. The Balaban J connectivity index is 1.18. The van der Waals surface area contributed by atoms with Crippen molar-refractivity contribution in [1.82, 2.24) is 0 Å². The lowest BCUT2D eigenvalue weighted by Crippen LogP contribution is -2.59. The molecule has 0 amide bonds. The Morgan fingerprint density at radius 1 is 0.815 bits per heavy atom. The van der Waals surface area contributed by atoms with Crippen LogP contribution in [0, 0.1) is 0 Å². The maximum absolute atomic E-state index is 15.3. The van der Waals surface area contributed by atoms with E-state index in [9.17, 15) is 20.4 Å². The number of fused-ring (bicyclic) bond motifs is 5. The van der Waals surface area contributed by atoms with Crippen molar-refractivity contribution >= 4 is 11.9 Å². The van der Waals surface area contributed by atoms with E-state index < -0.39 is 40.2 Å². The monoisotopic (exact) mass is 734 g/mol. The summed E-state index contributed by atoms with van der Waals surface area (Å²) in [7, 11) is 3.01. The van der Waals surface area contributed by atoms with E-state index in [0.29, 0.717) is 41.2 Å². The van der Waals surface area contributed by atoms with Crippen LogP contribution in [0.1, 0.15) is 77.4 Å². The van der Waals surface area contributed by atoms with E-state index >= 15 is 4.79 Å². The standard InChI is InChI=1S/C42H38O12/c1-19(2)7-8-21-28(43)14-27-38(37(21)49-6)54-41-26-13-30(45)31(46)16-35(26)53-42(27,41)52-33-15-29(44)23(12-25(33)39(41)47)20-11-24-32(50-18-20)17-34-22(36(24)48-5)9-10-40(3,4)51-34/h7,9-10,12-17,20,43-46H,8,11,18H2,1-6H3/t20-,41?,42?/m0/s1. The van der Waals surface area contributed by atoms with Crippen LogP contribution in [0.25, 0.3) is 6.08 Å². The van der Waals surface area contributed by atoms with Gasteiger partial charge in [-0.05, 0) is 70.9 Å². The Kier molecular flexibility index (Phi) is 6.96. The number of Topliss-reactive ketones (excluding diaryl/α,β-unsaturated/α-hetero) is 1. The van der Waals surface area contributed by atoms with Crippen LogP contribution in [0.2, 0.25) is 0 Å². The minimum Gasteiger partial charge on any atom is -0.508 e. The number of methoxy groups -OCH3 is 2. The largest absolute Gasteiger partial charge is 0.508 e. The fourth-order valence-corrected chi connectivity index (χ4v) is 8.32. The third-order valence-corrected chi connectivity index (χ3v) is 10.9. The molecule has 0 aromatic heterocycles. The SMILES string of the molecule is COc1c2c(cc3c1C[C@H](c1cc4c(cc1O)OC15Oc6cc(O)c(O)cc6C1(Oc1c5cc(O)c(CC=C(C)C)c1OC)C4=O)CO3)OC(C)(C)C=C2. The maximum Gasteiger partial charge on any atom is 0.335 e.